The van der Waals surface area contributed by atoms with Crippen molar-refractivity contribution in [1.29, 1.82) is 0 Å². The molecule has 226 valence electrons. The number of ether oxygens (including phenoxy) is 1. The number of carbonyl (C=O) groups excluding carboxylic acids is 1. The second-order valence-electron chi connectivity index (χ2n) is 10.8. The van der Waals surface area contributed by atoms with E-state index in [9.17, 15) is 18.7 Å². The van der Waals surface area contributed by atoms with E-state index in [1.54, 1.807) is 0 Å². The van der Waals surface area contributed by atoms with Crippen LogP contribution in [-0.2, 0) is 24.2 Å². The number of hydrogen-bond donors (Lipinski definition) is 3. The topological polar surface area (TPSA) is 77.1 Å². The number of likely N-dealkylation sites (N-methyl/N-ethyl adjacent to an activating group) is 1. The highest BCUT2D eigenvalue weighted by Gasteiger charge is 2.23. The van der Waals surface area contributed by atoms with Gasteiger partial charge in [0.05, 0.1) is 18.6 Å². The fourth-order valence-electron chi connectivity index (χ4n) is 4.93. The van der Waals surface area contributed by atoms with Gasteiger partial charge in [-0.15, -0.1) is 0 Å². The molecule has 0 aromatic heterocycles. The average molecular weight is 693 g/mol. The van der Waals surface area contributed by atoms with E-state index < -0.39 is 23.8 Å². The summed E-state index contributed by atoms with van der Waals surface area (Å²) in [4.78, 5) is 17.7. The molecule has 7 nitrogen and oxygen atoms in total. The lowest BCUT2D eigenvalue weighted by Gasteiger charge is -2.32. The quantitative estimate of drug-likeness (QED) is 0.225. The molecule has 2 atom stereocenters. The maximum absolute atomic E-state index is 13.9. The number of halogens is 3. The Morgan fingerprint density at radius 2 is 1.69 bits per heavy atom. The molecule has 0 unspecified atom stereocenters. The van der Waals surface area contributed by atoms with Gasteiger partial charge in [0.15, 0.2) is 0 Å². The van der Waals surface area contributed by atoms with Gasteiger partial charge < -0.3 is 25.4 Å². The largest absolute Gasteiger partial charge is 0.492 e. The lowest BCUT2D eigenvalue weighted by Crippen LogP contribution is -2.49. The Labute approximate surface area is 260 Å². The van der Waals surface area contributed by atoms with Crippen LogP contribution in [0.5, 0.6) is 5.75 Å². The van der Waals surface area contributed by atoms with Crippen LogP contribution >= 0.6 is 22.6 Å². The summed E-state index contributed by atoms with van der Waals surface area (Å²) in [6.07, 6.45) is -0.816. The second-order valence-corrected chi connectivity index (χ2v) is 12.0. The zero-order valence-electron chi connectivity index (χ0n) is 23.9. The summed E-state index contributed by atoms with van der Waals surface area (Å²) < 4.78 is 34.7. The summed E-state index contributed by atoms with van der Waals surface area (Å²) in [7, 11) is 2.13. The lowest BCUT2D eigenvalue weighted by atomic mass is 10.00. The molecule has 4 rings (SSSR count). The standard InChI is InChI=1S/C32H39F2IN4O3/c1-38-9-11-39(12-10-38)13-14-42-29-7-5-23(6-8-29)19-32(41)37-30(18-25-15-26(33)20-27(34)16-25)31(40)22-36-21-24-3-2-4-28(35)17-24/h2-8,15-17,20,30-31,36,40H,9-14,18-19,21-22H2,1H3,(H,37,41)/t30-,31-/m1/s1. The zero-order valence-corrected chi connectivity index (χ0v) is 26.0. The third-order valence-electron chi connectivity index (χ3n) is 7.32. The normalized spacial score (nSPS) is 15.7. The fraction of sp³-hybridized carbons (Fsp3) is 0.406. The summed E-state index contributed by atoms with van der Waals surface area (Å²) >= 11 is 2.24. The number of carbonyl (C=O) groups is 1. The summed E-state index contributed by atoms with van der Waals surface area (Å²) in [6, 6.07) is 17.9. The second kappa shape index (κ2) is 16.3. The summed E-state index contributed by atoms with van der Waals surface area (Å²) in [5.74, 6) is -0.953. The predicted octanol–water partition coefficient (Wildman–Crippen LogP) is 3.62. The van der Waals surface area contributed by atoms with Crippen LogP contribution in [0, 0.1) is 15.2 Å². The molecule has 3 N–H and O–H groups in total. The number of piperazine rings is 1. The minimum absolute atomic E-state index is 0.0760. The van der Waals surface area contributed by atoms with E-state index in [0.717, 1.165) is 59.2 Å². The number of nitrogens with zero attached hydrogens (tertiary/aromatic N) is 2. The van der Waals surface area contributed by atoms with Gasteiger partial charge in [0.1, 0.15) is 24.0 Å². The highest BCUT2D eigenvalue weighted by atomic mass is 127. The summed E-state index contributed by atoms with van der Waals surface area (Å²) in [5, 5.41) is 17.1. The van der Waals surface area contributed by atoms with Crippen LogP contribution in [0.15, 0.2) is 66.7 Å². The molecule has 1 amide bonds. The van der Waals surface area contributed by atoms with Crippen molar-refractivity contribution in [3.8, 4) is 5.75 Å². The van der Waals surface area contributed by atoms with Gasteiger partial charge in [0.25, 0.3) is 0 Å². The van der Waals surface area contributed by atoms with Gasteiger partial charge in [0, 0.05) is 55.4 Å². The minimum Gasteiger partial charge on any atom is -0.492 e. The maximum Gasteiger partial charge on any atom is 0.224 e. The molecule has 0 bridgehead atoms. The predicted molar refractivity (Wildman–Crippen MR) is 168 cm³/mol. The average Bonchev–Trinajstić information content (AvgIpc) is 2.94. The first-order chi connectivity index (χ1) is 20.2. The summed E-state index contributed by atoms with van der Waals surface area (Å²) in [5.41, 5.74) is 2.21. The Kier molecular flexibility index (Phi) is 12.5. The van der Waals surface area contributed by atoms with E-state index in [1.165, 1.54) is 12.1 Å². The van der Waals surface area contributed by atoms with Crippen molar-refractivity contribution in [2.75, 3.05) is 52.9 Å². The van der Waals surface area contributed by atoms with Crippen molar-refractivity contribution >= 4 is 28.5 Å². The van der Waals surface area contributed by atoms with Crippen LogP contribution in [-0.4, -0.2) is 85.9 Å². The molecule has 1 aliphatic rings. The zero-order chi connectivity index (χ0) is 29.9. The van der Waals surface area contributed by atoms with E-state index in [4.69, 9.17) is 4.74 Å². The molecule has 0 radical (unpaired) electrons. The first-order valence-corrected chi connectivity index (χ1v) is 15.3. The Morgan fingerprint density at radius 3 is 2.38 bits per heavy atom. The number of rotatable bonds is 14. The van der Waals surface area contributed by atoms with Gasteiger partial charge in [-0.1, -0.05) is 24.3 Å². The van der Waals surface area contributed by atoms with Gasteiger partial charge >= 0.3 is 0 Å². The first kappa shape index (κ1) is 32.3. The molecule has 0 spiro atoms. The molecule has 42 heavy (non-hydrogen) atoms. The van der Waals surface area contributed by atoms with E-state index in [1.807, 2.05) is 48.5 Å². The summed E-state index contributed by atoms with van der Waals surface area (Å²) in [6.45, 7) is 6.41. The van der Waals surface area contributed by atoms with Crippen LogP contribution in [0.2, 0.25) is 0 Å². The van der Waals surface area contributed by atoms with Crippen molar-refractivity contribution < 1.29 is 23.4 Å². The van der Waals surface area contributed by atoms with Crippen molar-refractivity contribution in [2.45, 2.75) is 31.5 Å². The highest BCUT2D eigenvalue weighted by Crippen LogP contribution is 2.15. The number of amides is 1. The highest BCUT2D eigenvalue weighted by molar-refractivity contribution is 14.1. The number of benzene rings is 3. The van der Waals surface area contributed by atoms with Crippen LogP contribution in [0.4, 0.5) is 8.78 Å². The Bertz CT molecular complexity index is 1270. The molecule has 1 fully saturated rings. The fourth-order valence-corrected chi connectivity index (χ4v) is 5.54. The van der Waals surface area contributed by atoms with Gasteiger partial charge in [-0.3, -0.25) is 9.69 Å². The van der Waals surface area contributed by atoms with Gasteiger partial charge in [-0.05, 0) is 89.1 Å². The third-order valence-corrected chi connectivity index (χ3v) is 7.99. The van der Waals surface area contributed by atoms with Gasteiger partial charge in [-0.2, -0.15) is 0 Å². The number of aliphatic hydroxyl groups excluding tert-OH is 1. The van der Waals surface area contributed by atoms with Crippen LogP contribution in [0.1, 0.15) is 16.7 Å². The Hall–Kier alpha value is -2.64. The monoisotopic (exact) mass is 692 g/mol. The van der Waals surface area contributed by atoms with E-state index in [-0.39, 0.29) is 25.3 Å². The van der Waals surface area contributed by atoms with E-state index in [0.29, 0.717) is 18.7 Å². The van der Waals surface area contributed by atoms with Crippen molar-refractivity contribution in [3.05, 3.63) is 98.6 Å². The van der Waals surface area contributed by atoms with Crippen LogP contribution < -0.4 is 15.4 Å². The molecule has 3 aromatic rings. The molecule has 10 heteroatoms. The number of nitrogens with one attached hydrogen (secondary N) is 2. The molecule has 1 aliphatic heterocycles. The van der Waals surface area contributed by atoms with E-state index in [2.05, 4.69) is 50.1 Å². The number of aliphatic hydroxyl groups is 1. The van der Waals surface area contributed by atoms with Crippen LogP contribution in [0.25, 0.3) is 0 Å². The van der Waals surface area contributed by atoms with Crippen molar-refractivity contribution in [2.24, 2.45) is 0 Å². The number of hydrogen-bond acceptors (Lipinski definition) is 6. The Balaban J connectivity index is 1.30. The molecule has 1 saturated heterocycles. The lowest BCUT2D eigenvalue weighted by molar-refractivity contribution is -0.122. The molecular formula is C32H39F2IN4O3. The molecule has 0 saturated carbocycles. The third kappa shape index (κ3) is 10.9. The SMILES string of the molecule is CN1CCN(CCOc2ccc(CC(=O)N[C@H](Cc3cc(F)cc(F)c3)[C@H](O)CNCc3cccc(I)c3)cc2)CC1. The Morgan fingerprint density at radius 1 is 0.976 bits per heavy atom. The van der Waals surface area contributed by atoms with Crippen molar-refractivity contribution in [1.82, 2.24) is 20.4 Å². The molecule has 1 heterocycles. The van der Waals surface area contributed by atoms with Crippen molar-refractivity contribution in [3.63, 3.8) is 0 Å². The molecule has 0 aliphatic carbocycles. The maximum atomic E-state index is 13.9. The van der Waals surface area contributed by atoms with E-state index >= 15 is 0 Å². The smallest absolute Gasteiger partial charge is 0.224 e. The minimum atomic E-state index is -0.987. The molecule has 3 aromatic carbocycles. The first-order valence-electron chi connectivity index (χ1n) is 14.2. The van der Waals surface area contributed by atoms with Gasteiger partial charge in [0.2, 0.25) is 5.91 Å². The molecular weight excluding hydrogens is 653 g/mol. The van der Waals surface area contributed by atoms with Crippen LogP contribution in [0.3, 0.4) is 0 Å². The van der Waals surface area contributed by atoms with Gasteiger partial charge in [-0.25, -0.2) is 8.78 Å².